The quantitative estimate of drug-likeness (QED) is 0.519. The first kappa shape index (κ1) is 23.6. The third-order valence-electron chi connectivity index (χ3n) is 5.94. The molecule has 0 saturated carbocycles. The number of carbonyl (C=O) groups is 2. The largest absolute Gasteiger partial charge is 0.353 e. The van der Waals surface area contributed by atoms with E-state index in [9.17, 15) is 27.2 Å². The van der Waals surface area contributed by atoms with Crippen molar-refractivity contribution >= 4 is 23.5 Å². The van der Waals surface area contributed by atoms with Crippen LogP contribution in [0.25, 0.3) is 0 Å². The van der Waals surface area contributed by atoms with Gasteiger partial charge in [0.25, 0.3) is 6.43 Å². The highest BCUT2D eigenvalue weighted by Crippen LogP contribution is 2.34. The van der Waals surface area contributed by atoms with Crippen LogP contribution in [0.5, 0.6) is 0 Å². The summed E-state index contributed by atoms with van der Waals surface area (Å²) in [4.78, 5) is 27.3. The summed E-state index contributed by atoms with van der Waals surface area (Å²) in [6.45, 7) is 2.46. The van der Waals surface area contributed by atoms with E-state index < -0.39 is 36.7 Å². The Kier molecular flexibility index (Phi) is 7.64. The Morgan fingerprint density at radius 3 is 2.52 bits per heavy atom. The lowest BCUT2D eigenvalue weighted by molar-refractivity contribution is -0.127. The zero-order valence-corrected chi connectivity index (χ0v) is 17.7. The minimum Gasteiger partial charge on any atom is -0.353 e. The van der Waals surface area contributed by atoms with Gasteiger partial charge in [-0.1, -0.05) is 17.7 Å². The number of hydrogen-bond acceptors (Lipinski definition) is 3. The fourth-order valence-corrected chi connectivity index (χ4v) is 4.30. The second-order valence-electron chi connectivity index (χ2n) is 7.84. The molecule has 3 atom stereocenters. The lowest BCUT2D eigenvalue weighted by Gasteiger charge is -2.39. The summed E-state index contributed by atoms with van der Waals surface area (Å²) in [6.07, 6.45) is -4.72. The van der Waals surface area contributed by atoms with Gasteiger partial charge in [-0.3, -0.25) is 9.69 Å². The molecule has 0 spiro atoms. The number of carbonyl (C=O) groups excluding carboxylic acids is 2. The van der Waals surface area contributed by atoms with E-state index in [0.717, 1.165) is 4.90 Å². The monoisotopic (exact) mass is 464 g/mol. The first-order valence-electron chi connectivity index (χ1n) is 10.1. The molecule has 2 N–H and O–H groups in total. The molecule has 0 radical (unpaired) electrons. The average Bonchev–Trinajstić information content (AvgIpc) is 2.75. The van der Waals surface area contributed by atoms with Gasteiger partial charge in [-0.25, -0.2) is 22.4 Å². The normalized spacial score (nSPS) is 22.9. The molecule has 0 aromatic heterocycles. The standard InChI is InChI=1S/C20H25ClF4N4O2/c1-11-19(30)26-6-9-29(11)20(31)27-16(13-2-3-15(22)14(21)10-13)12-4-7-28(8-5-12)18(25)17(23)24/h2-3,10-12,16-18H,4-9H2,1H3,(H,26,30)(H,27,31)/t11-,16-,18?/m1/s1. The van der Waals surface area contributed by atoms with Gasteiger partial charge >= 0.3 is 6.03 Å². The summed E-state index contributed by atoms with van der Waals surface area (Å²) >= 11 is 5.93. The van der Waals surface area contributed by atoms with E-state index in [-0.39, 0.29) is 29.9 Å². The molecule has 1 aromatic rings. The predicted molar refractivity (Wildman–Crippen MR) is 107 cm³/mol. The molecule has 0 bridgehead atoms. The predicted octanol–water partition coefficient (Wildman–Crippen LogP) is 3.32. The summed E-state index contributed by atoms with van der Waals surface area (Å²) in [5.41, 5.74) is 0.554. The number of likely N-dealkylation sites (tertiary alicyclic amines) is 1. The SMILES string of the molecule is C[C@@H]1C(=O)NCCN1C(=O)N[C@@H](c1ccc(F)c(Cl)c1)C1CCN(C(F)C(F)F)CC1. The third kappa shape index (κ3) is 5.41. The Morgan fingerprint density at radius 1 is 1.23 bits per heavy atom. The molecular weight excluding hydrogens is 440 g/mol. The van der Waals surface area contributed by atoms with Crippen LogP contribution >= 0.6 is 11.6 Å². The van der Waals surface area contributed by atoms with E-state index in [4.69, 9.17) is 11.6 Å². The van der Waals surface area contributed by atoms with E-state index in [1.807, 2.05) is 0 Å². The van der Waals surface area contributed by atoms with Gasteiger partial charge in [-0.05, 0) is 43.4 Å². The summed E-state index contributed by atoms with van der Waals surface area (Å²) < 4.78 is 52.8. The number of nitrogens with zero attached hydrogens (tertiary/aromatic N) is 2. The number of nitrogens with one attached hydrogen (secondary N) is 2. The molecule has 2 aliphatic rings. The zero-order valence-electron chi connectivity index (χ0n) is 17.0. The molecule has 2 saturated heterocycles. The highest BCUT2D eigenvalue weighted by Gasteiger charge is 2.36. The Labute approximate surface area is 182 Å². The summed E-state index contributed by atoms with van der Waals surface area (Å²) in [6, 6.07) is 2.38. The number of amides is 3. The third-order valence-corrected chi connectivity index (χ3v) is 6.23. The molecular formula is C20H25ClF4N4O2. The van der Waals surface area contributed by atoms with Gasteiger partial charge in [-0.15, -0.1) is 0 Å². The number of alkyl halides is 3. The number of rotatable bonds is 5. The van der Waals surface area contributed by atoms with Crippen LogP contribution in [0.15, 0.2) is 18.2 Å². The molecule has 2 aliphatic heterocycles. The first-order valence-corrected chi connectivity index (χ1v) is 10.5. The Hall–Kier alpha value is -2.07. The lowest BCUT2D eigenvalue weighted by atomic mass is 9.85. The van der Waals surface area contributed by atoms with Crippen molar-refractivity contribution in [2.24, 2.45) is 5.92 Å². The van der Waals surface area contributed by atoms with Gasteiger partial charge in [0.1, 0.15) is 11.9 Å². The van der Waals surface area contributed by atoms with Crippen molar-refractivity contribution in [2.75, 3.05) is 26.2 Å². The van der Waals surface area contributed by atoms with E-state index in [1.165, 1.54) is 23.1 Å². The van der Waals surface area contributed by atoms with Crippen LogP contribution in [0.1, 0.15) is 31.4 Å². The van der Waals surface area contributed by atoms with Crippen LogP contribution in [0, 0.1) is 11.7 Å². The number of urea groups is 1. The van der Waals surface area contributed by atoms with Crippen molar-refractivity contribution in [2.45, 2.75) is 44.6 Å². The first-order chi connectivity index (χ1) is 14.7. The molecule has 2 fully saturated rings. The molecule has 2 heterocycles. The minimum atomic E-state index is -3.09. The van der Waals surface area contributed by atoms with Crippen LogP contribution in [-0.4, -0.2) is 66.7 Å². The zero-order chi connectivity index (χ0) is 22.7. The van der Waals surface area contributed by atoms with Gasteiger partial charge in [-0.2, -0.15) is 0 Å². The molecule has 6 nitrogen and oxygen atoms in total. The second-order valence-corrected chi connectivity index (χ2v) is 8.25. The highest BCUT2D eigenvalue weighted by molar-refractivity contribution is 6.30. The van der Waals surface area contributed by atoms with Crippen LogP contribution in [0.2, 0.25) is 5.02 Å². The van der Waals surface area contributed by atoms with E-state index in [1.54, 1.807) is 6.92 Å². The van der Waals surface area contributed by atoms with Crippen LogP contribution < -0.4 is 10.6 Å². The van der Waals surface area contributed by atoms with Gasteiger partial charge < -0.3 is 15.5 Å². The Morgan fingerprint density at radius 2 is 1.90 bits per heavy atom. The number of piperazine rings is 1. The lowest BCUT2D eigenvalue weighted by Crippen LogP contribution is -2.59. The van der Waals surface area contributed by atoms with Crippen LogP contribution in [-0.2, 0) is 4.79 Å². The number of benzene rings is 1. The van der Waals surface area contributed by atoms with E-state index >= 15 is 0 Å². The molecule has 1 aromatic carbocycles. The van der Waals surface area contributed by atoms with Gasteiger partial charge in [0, 0.05) is 26.2 Å². The fourth-order valence-electron chi connectivity index (χ4n) is 4.11. The maximum absolute atomic E-state index is 13.7. The smallest absolute Gasteiger partial charge is 0.318 e. The maximum atomic E-state index is 13.7. The van der Waals surface area contributed by atoms with Crippen molar-refractivity contribution in [3.05, 3.63) is 34.6 Å². The Bertz CT molecular complexity index is 807. The van der Waals surface area contributed by atoms with Gasteiger partial charge in [0.2, 0.25) is 12.2 Å². The number of hydrogen-bond donors (Lipinski definition) is 2. The molecule has 1 unspecified atom stereocenters. The second kappa shape index (κ2) is 10.0. The average molecular weight is 465 g/mol. The highest BCUT2D eigenvalue weighted by atomic mass is 35.5. The fraction of sp³-hybridized carbons (Fsp3) is 0.600. The molecule has 3 rings (SSSR count). The molecule has 11 heteroatoms. The minimum absolute atomic E-state index is 0.0972. The maximum Gasteiger partial charge on any atom is 0.318 e. The molecule has 0 aliphatic carbocycles. The Balaban J connectivity index is 1.78. The molecule has 31 heavy (non-hydrogen) atoms. The molecule has 172 valence electrons. The van der Waals surface area contributed by atoms with E-state index in [2.05, 4.69) is 10.6 Å². The molecule has 3 amide bonds. The van der Waals surface area contributed by atoms with Crippen LogP contribution in [0.4, 0.5) is 22.4 Å². The van der Waals surface area contributed by atoms with Crippen LogP contribution in [0.3, 0.4) is 0 Å². The van der Waals surface area contributed by atoms with E-state index in [0.29, 0.717) is 31.5 Å². The van der Waals surface area contributed by atoms with Crippen molar-refractivity contribution in [1.29, 1.82) is 0 Å². The van der Waals surface area contributed by atoms with Crippen molar-refractivity contribution < 1.29 is 27.2 Å². The summed E-state index contributed by atoms with van der Waals surface area (Å²) in [5, 5.41) is 5.47. The summed E-state index contributed by atoms with van der Waals surface area (Å²) in [5.74, 6) is -1.08. The summed E-state index contributed by atoms with van der Waals surface area (Å²) in [7, 11) is 0. The topological polar surface area (TPSA) is 64.7 Å². The van der Waals surface area contributed by atoms with Crippen molar-refractivity contribution in [1.82, 2.24) is 20.4 Å². The van der Waals surface area contributed by atoms with Gasteiger partial charge in [0.15, 0.2) is 0 Å². The van der Waals surface area contributed by atoms with Crippen molar-refractivity contribution in [3.8, 4) is 0 Å². The number of piperidine rings is 1. The van der Waals surface area contributed by atoms with Gasteiger partial charge in [0.05, 0.1) is 11.1 Å². The van der Waals surface area contributed by atoms with Crippen molar-refractivity contribution in [3.63, 3.8) is 0 Å². The number of halogens is 5.